The van der Waals surface area contributed by atoms with E-state index in [1.165, 1.54) is 36.7 Å². The van der Waals surface area contributed by atoms with Crippen LogP contribution in [0.5, 0.6) is 0 Å². The van der Waals surface area contributed by atoms with Crippen LogP contribution in [0.2, 0.25) is 0 Å². The van der Waals surface area contributed by atoms with Gasteiger partial charge < -0.3 is 15.4 Å². The van der Waals surface area contributed by atoms with Crippen molar-refractivity contribution in [1.82, 2.24) is 9.97 Å². The number of aromatic nitrogens is 2. The Labute approximate surface area is 170 Å². The highest BCUT2D eigenvalue weighted by atomic mass is 32.1. The second-order valence-electron chi connectivity index (χ2n) is 6.05. The summed E-state index contributed by atoms with van der Waals surface area (Å²) in [6, 6.07) is 7.88. The monoisotopic (exact) mass is 416 g/mol. The minimum atomic E-state index is -0.211. The van der Waals surface area contributed by atoms with Crippen LogP contribution in [0.1, 0.15) is 24.6 Å². The molecule has 0 aliphatic heterocycles. The molecular formula is C19H20N4O3S2. The zero-order valence-electron chi connectivity index (χ0n) is 15.7. The SMILES string of the molecule is COC(=O)CCc1ccc(Nc2nc(-c3sc(NC(C)=O)nc3C)cs2)cc1. The molecule has 0 radical (unpaired) electrons. The number of methoxy groups -OCH3 is 1. The van der Waals surface area contributed by atoms with Gasteiger partial charge in [0.2, 0.25) is 5.91 Å². The summed E-state index contributed by atoms with van der Waals surface area (Å²) in [6.07, 6.45) is 1.02. The van der Waals surface area contributed by atoms with Gasteiger partial charge in [0.1, 0.15) is 0 Å². The number of rotatable bonds is 7. The first kappa shape index (κ1) is 20.0. The van der Waals surface area contributed by atoms with E-state index >= 15 is 0 Å². The number of anilines is 3. The van der Waals surface area contributed by atoms with Crippen molar-refractivity contribution in [3.05, 3.63) is 40.9 Å². The van der Waals surface area contributed by atoms with E-state index in [-0.39, 0.29) is 11.9 Å². The van der Waals surface area contributed by atoms with Crippen LogP contribution in [0.3, 0.4) is 0 Å². The van der Waals surface area contributed by atoms with Crippen molar-refractivity contribution >= 4 is 50.5 Å². The van der Waals surface area contributed by atoms with Crippen LogP contribution in [0.15, 0.2) is 29.6 Å². The summed E-state index contributed by atoms with van der Waals surface area (Å²) in [6.45, 7) is 3.36. The maximum absolute atomic E-state index is 11.2. The fourth-order valence-electron chi connectivity index (χ4n) is 2.50. The zero-order valence-corrected chi connectivity index (χ0v) is 17.4. The summed E-state index contributed by atoms with van der Waals surface area (Å²) in [5.74, 6) is -0.353. The fraction of sp³-hybridized carbons (Fsp3) is 0.263. The molecule has 0 spiro atoms. The zero-order chi connectivity index (χ0) is 20.1. The lowest BCUT2D eigenvalue weighted by Crippen LogP contribution is -2.04. The average molecular weight is 417 g/mol. The van der Waals surface area contributed by atoms with Gasteiger partial charge in [0, 0.05) is 24.4 Å². The lowest BCUT2D eigenvalue weighted by atomic mass is 10.1. The Hall–Kier alpha value is -2.78. The highest BCUT2D eigenvalue weighted by molar-refractivity contribution is 7.20. The first-order chi connectivity index (χ1) is 13.4. The van der Waals surface area contributed by atoms with Gasteiger partial charge in [0.05, 0.1) is 23.4 Å². The molecule has 1 amide bonds. The Bertz CT molecular complexity index is 979. The number of nitrogens with one attached hydrogen (secondary N) is 2. The maximum atomic E-state index is 11.2. The number of thiazole rings is 2. The number of esters is 1. The lowest BCUT2D eigenvalue weighted by Gasteiger charge is -2.05. The number of carbonyl (C=O) groups is 2. The van der Waals surface area contributed by atoms with E-state index in [0.29, 0.717) is 18.0 Å². The topological polar surface area (TPSA) is 93.2 Å². The van der Waals surface area contributed by atoms with Crippen LogP contribution in [0, 0.1) is 6.92 Å². The van der Waals surface area contributed by atoms with Gasteiger partial charge >= 0.3 is 5.97 Å². The molecule has 7 nitrogen and oxygen atoms in total. The Morgan fingerprint density at radius 3 is 2.57 bits per heavy atom. The summed E-state index contributed by atoms with van der Waals surface area (Å²) in [5.41, 5.74) is 3.65. The largest absolute Gasteiger partial charge is 0.469 e. The predicted octanol–water partition coefficient (Wildman–Crippen LogP) is 4.38. The van der Waals surface area contributed by atoms with Gasteiger partial charge in [-0.1, -0.05) is 23.5 Å². The van der Waals surface area contributed by atoms with Crippen molar-refractivity contribution in [2.24, 2.45) is 0 Å². The molecule has 2 heterocycles. The molecule has 28 heavy (non-hydrogen) atoms. The Morgan fingerprint density at radius 1 is 1.14 bits per heavy atom. The van der Waals surface area contributed by atoms with Crippen LogP contribution in [0.25, 0.3) is 10.6 Å². The van der Waals surface area contributed by atoms with Gasteiger partial charge in [-0.05, 0) is 31.0 Å². The van der Waals surface area contributed by atoms with Crippen LogP contribution >= 0.6 is 22.7 Å². The fourth-order valence-corrected chi connectivity index (χ4v) is 4.27. The predicted molar refractivity (Wildman–Crippen MR) is 112 cm³/mol. The molecule has 0 fully saturated rings. The number of carbonyl (C=O) groups excluding carboxylic acids is 2. The van der Waals surface area contributed by atoms with Crippen LogP contribution in [0.4, 0.5) is 16.0 Å². The number of hydrogen-bond acceptors (Lipinski definition) is 8. The van der Waals surface area contributed by atoms with Gasteiger partial charge in [-0.25, -0.2) is 9.97 Å². The third-order valence-corrected chi connectivity index (χ3v) is 5.72. The van der Waals surface area contributed by atoms with E-state index < -0.39 is 0 Å². The number of hydrogen-bond donors (Lipinski definition) is 2. The third kappa shape index (κ3) is 5.14. The number of amides is 1. The van der Waals surface area contributed by atoms with Crippen molar-refractivity contribution in [3.8, 4) is 10.6 Å². The summed E-state index contributed by atoms with van der Waals surface area (Å²) in [7, 11) is 1.39. The molecule has 0 bridgehead atoms. The molecule has 0 saturated carbocycles. The van der Waals surface area contributed by atoms with E-state index in [2.05, 4.69) is 25.3 Å². The summed E-state index contributed by atoms with van der Waals surface area (Å²) in [4.78, 5) is 32.4. The second-order valence-corrected chi connectivity index (χ2v) is 7.91. The van der Waals surface area contributed by atoms with E-state index in [9.17, 15) is 9.59 Å². The van der Waals surface area contributed by atoms with Crippen molar-refractivity contribution in [2.45, 2.75) is 26.7 Å². The van der Waals surface area contributed by atoms with E-state index in [0.717, 1.165) is 32.6 Å². The van der Waals surface area contributed by atoms with Gasteiger partial charge in [-0.15, -0.1) is 11.3 Å². The van der Waals surface area contributed by atoms with Gasteiger partial charge in [-0.2, -0.15) is 0 Å². The first-order valence-electron chi connectivity index (χ1n) is 8.58. The summed E-state index contributed by atoms with van der Waals surface area (Å²) < 4.78 is 4.66. The molecule has 0 atom stereocenters. The highest BCUT2D eigenvalue weighted by Crippen LogP contribution is 2.35. The molecular weight excluding hydrogens is 396 g/mol. The molecule has 0 unspecified atom stereocenters. The Kier molecular flexibility index (Phi) is 6.37. The first-order valence-corrected chi connectivity index (χ1v) is 10.3. The van der Waals surface area contributed by atoms with Crippen molar-refractivity contribution < 1.29 is 14.3 Å². The van der Waals surface area contributed by atoms with Crippen LogP contribution in [-0.2, 0) is 20.7 Å². The normalized spacial score (nSPS) is 10.5. The van der Waals surface area contributed by atoms with Crippen molar-refractivity contribution in [2.75, 3.05) is 17.7 Å². The van der Waals surface area contributed by atoms with Gasteiger partial charge in [0.15, 0.2) is 10.3 Å². The van der Waals surface area contributed by atoms with Crippen LogP contribution < -0.4 is 10.6 Å². The number of ether oxygens (including phenoxy) is 1. The van der Waals surface area contributed by atoms with E-state index in [4.69, 9.17) is 0 Å². The number of aryl methyl sites for hydroxylation is 2. The molecule has 1 aromatic carbocycles. The molecule has 9 heteroatoms. The van der Waals surface area contributed by atoms with E-state index in [1.807, 2.05) is 36.6 Å². The molecule has 0 aliphatic rings. The summed E-state index contributed by atoms with van der Waals surface area (Å²) >= 11 is 2.91. The standard InChI is InChI=1S/C19H20N4O3S2/c1-11-17(28-19(20-11)21-12(2)24)15-10-27-18(23-15)22-14-7-4-13(5-8-14)6-9-16(25)26-3/h4-5,7-8,10H,6,9H2,1-3H3,(H,22,23)(H,20,21,24). The second kappa shape index (κ2) is 8.94. The molecule has 2 N–H and O–H groups in total. The van der Waals surface area contributed by atoms with Crippen LogP contribution in [-0.4, -0.2) is 29.0 Å². The molecule has 0 aliphatic carbocycles. The molecule has 146 valence electrons. The number of nitrogens with zero attached hydrogens (tertiary/aromatic N) is 2. The minimum absolute atomic E-state index is 0.143. The van der Waals surface area contributed by atoms with Crippen molar-refractivity contribution in [1.29, 1.82) is 0 Å². The average Bonchev–Trinajstić information content (AvgIpc) is 3.26. The third-order valence-electron chi connectivity index (χ3n) is 3.87. The Balaban J connectivity index is 1.65. The van der Waals surface area contributed by atoms with Gasteiger partial charge in [-0.3, -0.25) is 9.59 Å². The smallest absolute Gasteiger partial charge is 0.305 e. The Morgan fingerprint density at radius 2 is 1.89 bits per heavy atom. The number of benzene rings is 1. The van der Waals surface area contributed by atoms with Crippen molar-refractivity contribution in [3.63, 3.8) is 0 Å². The van der Waals surface area contributed by atoms with E-state index in [1.54, 1.807) is 0 Å². The molecule has 3 aromatic rings. The molecule has 3 rings (SSSR count). The highest BCUT2D eigenvalue weighted by Gasteiger charge is 2.14. The van der Waals surface area contributed by atoms with Gasteiger partial charge in [0.25, 0.3) is 0 Å². The summed E-state index contributed by atoms with van der Waals surface area (Å²) in [5, 5.41) is 9.30. The molecule has 2 aromatic heterocycles. The lowest BCUT2D eigenvalue weighted by molar-refractivity contribution is -0.140. The quantitative estimate of drug-likeness (QED) is 0.555. The molecule has 0 saturated heterocycles. The minimum Gasteiger partial charge on any atom is -0.469 e. The maximum Gasteiger partial charge on any atom is 0.305 e.